The number of aromatic nitrogens is 3. The third-order valence-electron chi connectivity index (χ3n) is 3.89. The van der Waals surface area contributed by atoms with E-state index in [-0.39, 0.29) is 0 Å². The Kier molecular flexibility index (Phi) is 4.50. The Labute approximate surface area is 155 Å². The average Bonchev–Trinajstić information content (AvgIpc) is 3.34. The van der Waals surface area contributed by atoms with Crippen LogP contribution >= 0.6 is 11.3 Å². The van der Waals surface area contributed by atoms with Gasteiger partial charge in [0.2, 0.25) is 11.7 Å². The molecule has 0 unspecified atom stereocenters. The maximum atomic E-state index is 5.75. The van der Waals surface area contributed by atoms with E-state index in [1.54, 1.807) is 11.3 Å². The molecule has 26 heavy (non-hydrogen) atoms. The maximum absolute atomic E-state index is 5.75. The van der Waals surface area contributed by atoms with Crippen LogP contribution in [0.25, 0.3) is 33.4 Å². The molecule has 3 heterocycles. The van der Waals surface area contributed by atoms with Crippen LogP contribution in [0, 0.1) is 6.92 Å². The lowest BCUT2D eigenvalue weighted by molar-refractivity contribution is 0.328. The van der Waals surface area contributed by atoms with Gasteiger partial charge >= 0.3 is 0 Å². The van der Waals surface area contributed by atoms with Crippen molar-refractivity contribution in [1.82, 2.24) is 15.1 Å². The van der Waals surface area contributed by atoms with E-state index in [4.69, 9.17) is 9.26 Å². The second kappa shape index (κ2) is 7.09. The maximum Gasteiger partial charge on any atom is 0.268 e. The molecule has 6 heteroatoms. The summed E-state index contributed by atoms with van der Waals surface area (Å²) in [4.78, 5) is 10.1. The Morgan fingerprint density at radius 1 is 1.04 bits per heavy atom. The Hall–Kier alpha value is -2.99. The van der Waals surface area contributed by atoms with E-state index in [1.807, 2.05) is 36.6 Å². The molecule has 4 aromatic rings. The number of nitrogens with zero attached hydrogens (tertiary/aromatic N) is 3. The summed E-state index contributed by atoms with van der Waals surface area (Å²) in [7, 11) is 0. The second-order valence-electron chi connectivity index (χ2n) is 5.75. The summed E-state index contributed by atoms with van der Waals surface area (Å²) < 4.78 is 11.1. The van der Waals surface area contributed by atoms with Crippen LogP contribution in [-0.4, -0.2) is 21.7 Å². The molecule has 130 valence electrons. The molecule has 0 aliphatic heterocycles. The van der Waals surface area contributed by atoms with Crippen LogP contribution in [-0.2, 0) is 0 Å². The Morgan fingerprint density at radius 3 is 2.62 bits per heavy atom. The molecule has 0 atom stereocenters. The lowest BCUT2D eigenvalue weighted by Crippen LogP contribution is -1.99. The molecular weight excluding hydrogens is 346 g/mol. The number of hydrogen-bond donors (Lipinski definition) is 0. The minimum absolute atomic E-state index is 0.472. The van der Waals surface area contributed by atoms with Gasteiger partial charge in [-0.1, -0.05) is 41.1 Å². The van der Waals surface area contributed by atoms with E-state index < -0.39 is 0 Å². The van der Waals surface area contributed by atoms with Crippen molar-refractivity contribution in [3.8, 4) is 39.3 Å². The van der Waals surface area contributed by atoms with Crippen molar-refractivity contribution in [2.75, 3.05) is 6.61 Å². The Bertz CT molecular complexity index is 1010. The monoisotopic (exact) mass is 363 g/mol. The third-order valence-corrected chi connectivity index (χ3v) is 4.75. The number of pyridine rings is 1. The van der Waals surface area contributed by atoms with Crippen molar-refractivity contribution in [3.05, 3.63) is 59.5 Å². The van der Waals surface area contributed by atoms with Gasteiger partial charge in [0.1, 0.15) is 0 Å². The van der Waals surface area contributed by atoms with Gasteiger partial charge in [0, 0.05) is 5.56 Å². The van der Waals surface area contributed by atoms with Crippen molar-refractivity contribution < 1.29 is 9.26 Å². The predicted octanol–water partition coefficient (Wildman–Crippen LogP) is 5.23. The van der Waals surface area contributed by atoms with Gasteiger partial charge in [0.15, 0.2) is 0 Å². The van der Waals surface area contributed by atoms with Crippen LogP contribution < -0.4 is 4.74 Å². The molecule has 0 aliphatic carbocycles. The van der Waals surface area contributed by atoms with Crippen molar-refractivity contribution in [2.45, 2.75) is 13.8 Å². The first-order valence-electron chi connectivity index (χ1n) is 8.33. The molecule has 1 aromatic carbocycles. The topological polar surface area (TPSA) is 61.0 Å². The summed E-state index contributed by atoms with van der Waals surface area (Å²) in [5.41, 5.74) is 3.81. The number of benzene rings is 1. The van der Waals surface area contributed by atoms with Gasteiger partial charge in [0.25, 0.3) is 5.89 Å². The normalized spacial score (nSPS) is 10.8. The molecule has 0 aliphatic rings. The minimum atomic E-state index is 0.472. The quantitative estimate of drug-likeness (QED) is 0.485. The second-order valence-corrected chi connectivity index (χ2v) is 6.70. The van der Waals surface area contributed by atoms with Crippen LogP contribution in [0.1, 0.15) is 12.5 Å². The fraction of sp³-hybridized carbons (Fsp3) is 0.150. The molecular formula is C20H17N3O2S. The van der Waals surface area contributed by atoms with E-state index >= 15 is 0 Å². The highest BCUT2D eigenvalue weighted by molar-refractivity contribution is 7.13. The van der Waals surface area contributed by atoms with E-state index in [0.29, 0.717) is 29.8 Å². The number of ether oxygens (including phenoxy) is 1. The summed E-state index contributed by atoms with van der Waals surface area (Å²) in [5.74, 6) is 1.48. The zero-order valence-corrected chi connectivity index (χ0v) is 15.3. The summed E-state index contributed by atoms with van der Waals surface area (Å²) in [6, 6.07) is 16.0. The Morgan fingerprint density at radius 2 is 1.88 bits per heavy atom. The van der Waals surface area contributed by atoms with Crippen LogP contribution in [0.3, 0.4) is 0 Å². The fourth-order valence-corrected chi connectivity index (χ4v) is 3.22. The molecule has 4 rings (SSSR count). The molecule has 0 N–H and O–H groups in total. The van der Waals surface area contributed by atoms with Gasteiger partial charge in [-0.2, -0.15) is 4.98 Å². The lowest BCUT2D eigenvalue weighted by Gasteiger charge is -2.09. The number of aryl methyl sites for hydroxylation is 1. The SMILES string of the molecule is CCOc1nc(-c2ccc(C)cc2)ccc1-c1noc(-c2cccs2)n1. The number of hydrogen-bond acceptors (Lipinski definition) is 6. The molecule has 3 aromatic heterocycles. The summed E-state index contributed by atoms with van der Waals surface area (Å²) in [6.07, 6.45) is 0. The van der Waals surface area contributed by atoms with Crippen molar-refractivity contribution >= 4 is 11.3 Å². The molecule has 0 amide bonds. The van der Waals surface area contributed by atoms with Crippen molar-refractivity contribution in [2.24, 2.45) is 0 Å². The van der Waals surface area contributed by atoms with E-state index in [1.165, 1.54) is 5.56 Å². The van der Waals surface area contributed by atoms with Gasteiger partial charge in [-0.05, 0) is 37.4 Å². The lowest BCUT2D eigenvalue weighted by atomic mass is 10.1. The van der Waals surface area contributed by atoms with E-state index in [9.17, 15) is 0 Å². The molecule has 0 spiro atoms. The van der Waals surface area contributed by atoms with Crippen LogP contribution in [0.15, 0.2) is 58.4 Å². The smallest absolute Gasteiger partial charge is 0.268 e. The molecule has 0 radical (unpaired) electrons. The van der Waals surface area contributed by atoms with Gasteiger partial charge < -0.3 is 9.26 Å². The minimum Gasteiger partial charge on any atom is -0.477 e. The Balaban J connectivity index is 1.73. The third kappa shape index (κ3) is 3.23. The van der Waals surface area contributed by atoms with Gasteiger partial charge in [-0.3, -0.25) is 0 Å². The number of thiophene rings is 1. The van der Waals surface area contributed by atoms with Gasteiger partial charge in [-0.25, -0.2) is 4.98 Å². The highest BCUT2D eigenvalue weighted by atomic mass is 32.1. The standard InChI is InChI=1S/C20H17N3O2S/c1-3-24-19-15(18-22-20(25-23-18)17-5-4-12-26-17)10-11-16(21-19)14-8-6-13(2)7-9-14/h4-12H,3H2,1-2H3. The molecule has 0 fully saturated rings. The average molecular weight is 363 g/mol. The summed E-state index contributed by atoms with van der Waals surface area (Å²) in [5, 5.41) is 6.07. The number of rotatable bonds is 5. The van der Waals surface area contributed by atoms with E-state index in [0.717, 1.165) is 16.1 Å². The van der Waals surface area contributed by atoms with Gasteiger partial charge in [-0.15, -0.1) is 11.3 Å². The highest BCUT2D eigenvalue weighted by Gasteiger charge is 2.17. The summed E-state index contributed by atoms with van der Waals surface area (Å²) in [6.45, 7) is 4.50. The summed E-state index contributed by atoms with van der Waals surface area (Å²) >= 11 is 1.56. The van der Waals surface area contributed by atoms with E-state index in [2.05, 4.69) is 46.3 Å². The fourth-order valence-electron chi connectivity index (χ4n) is 2.58. The first-order chi connectivity index (χ1) is 12.7. The van der Waals surface area contributed by atoms with Crippen LogP contribution in [0.2, 0.25) is 0 Å². The predicted molar refractivity (Wildman–Crippen MR) is 102 cm³/mol. The highest BCUT2D eigenvalue weighted by Crippen LogP contribution is 2.32. The largest absolute Gasteiger partial charge is 0.477 e. The first kappa shape index (κ1) is 16.5. The molecule has 0 bridgehead atoms. The molecule has 0 saturated carbocycles. The zero-order chi connectivity index (χ0) is 17.9. The molecule has 5 nitrogen and oxygen atoms in total. The molecule has 0 saturated heterocycles. The van der Waals surface area contributed by atoms with Crippen molar-refractivity contribution in [1.29, 1.82) is 0 Å². The van der Waals surface area contributed by atoms with Crippen LogP contribution in [0.5, 0.6) is 5.88 Å². The zero-order valence-electron chi connectivity index (χ0n) is 14.5. The first-order valence-corrected chi connectivity index (χ1v) is 9.21. The van der Waals surface area contributed by atoms with Crippen LogP contribution in [0.4, 0.5) is 0 Å². The van der Waals surface area contributed by atoms with Gasteiger partial charge in [0.05, 0.1) is 22.7 Å². The van der Waals surface area contributed by atoms with Crippen molar-refractivity contribution in [3.63, 3.8) is 0 Å².